The van der Waals surface area contributed by atoms with E-state index < -0.39 is 5.97 Å². The first-order valence-electron chi connectivity index (χ1n) is 11.8. The van der Waals surface area contributed by atoms with Gasteiger partial charge in [-0.2, -0.15) is 0 Å². The van der Waals surface area contributed by atoms with Crippen LogP contribution in [0, 0.1) is 0 Å². The molecule has 10 heteroatoms. The van der Waals surface area contributed by atoms with Crippen molar-refractivity contribution in [1.82, 2.24) is 9.97 Å². The molecule has 196 valence electrons. The number of nitrogens with one attached hydrogen (secondary N) is 2. The quantitative estimate of drug-likeness (QED) is 0.233. The molecule has 0 bridgehead atoms. The van der Waals surface area contributed by atoms with Gasteiger partial charge in [0.05, 0.1) is 37.6 Å². The minimum Gasteiger partial charge on any atom is -0.493 e. The van der Waals surface area contributed by atoms with Gasteiger partial charge in [-0.25, -0.2) is 14.8 Å². The van der Waals surface area contributed by atoms with Crippen LogP contribution in [0.1, 0.15) is 20.7 Å². The lowest BCUT2D eigenvalue weighted by atomic mass is 10.0. The molecular weight excluding hydrogens is 488 g/mol. The van der Waals surface area contributed by atoms with Crippen molar-refractivity contribution in [1.29, 1.82) is 0 Å². The standard InChI is InChI=1S/C28H28N4O6/c1-29-28-31-22-16-24(37-4)23(36-3)15-21(22)25(32-28)19-6-5-7-20(14-19)30-26(33)17-8-10-18(11-9-17)27(34)38-13-12-35-2/h5-11,14-16H,12-13H2,1-4H3,(H,30,33)(H,29,31,32). The van der Waals surface area contributed by atoms with E-state index in [9.17, 15) is 9.59 Å². The van der Waals surface area contributed by atoms with Crippen molar-refractivity contribution >= 4 is 34.4 Å². The molecule has 0 aliphatic carbocycles. The van der Waals surface area contributed by atoms with Gasteiger partial charge in [-0.1, -0.05) is 12.1 Å². The lowest BCUT2D eigenvalue weighted by molar-refractivity contribution is 0.0388. The normalized spacial score (nSPS) is 10.6. The molecule has 0 spiro atoms. The summed E-state index contributed by atoms with van der Waals surface area (Å²) < 4.78 is 20.9. The number of nitrogens with zero attached hydrogens (tertiary/aromatic N) is 2. The molecule has 3 aromatic carbocycles. The molecule has 0 saturated carbocycles. The van der Waals surface area contributed by atoms with Crippen molar-refractivity contribution in [2.24, 2.45) is 0 Å². The third kappa shape index (κ3) is 5.81. The molecule has 0 saturated heterocycles. The number of anilines is 2. The summed E-state index contributed by atoms with van der Waals surface area (Å²) in [5.74, 6) is 0.750. The monoisotopic (exact) mass is 516 g/mol. The maximum atomic E-state index is 12.9. The van der Waals surface area contributed by atoms with Gasteiger partial charge in [-0.05, 0) is 42.5 Å². The van der Waals surface area contributed by atoms with Crippen LogP contribution in [0.5, 0.6) is 11.5 Å². The van der Waals surface area contributed by atoms with Crippen LogP contribution in [0.2, 0.25) is 0 Å². The minimum atomic E-state index is -0.478. The van der Waals surface area contributed by atoms with Gasteiger partial charge < -0.3 is 29.6 Å². The van der Waals surface area contributed by atoms with Crippen molar-refractivity contribution < 1.29 is 28.5 Å². The first kappa shape index (κ1) is 26.4. The van der Waals surface area contributed by atoms with Crippen LogP contribution in [-0.4, -0.2) is 63.4 Å². The van der Waals surface area contributed by atoms with Crippen LogP contribution in [0.15, 0.2) is 60.7 Å². The summed E-state index contributed by atoms with van der Waals surface area (Å²) in [5.41, 5.74) is 3.43. The molecule has 4 aromatic rings. The first-order valence-corrected chi connectivity index (χ1v) is 11.8. The Hall–Kier alpha value is -4.70. The molecular formula is C28H28N4O6. The lowest BCUT2D eigenvalue weighted by Gasteiger charge is -2.13. The number of hydrogen-bond acceptors (Lipinski definition) is 9. The zero-order valence-corrected chi connectivity index (χ0v) is 21.5. The smallest absolute Gasteiger partial charge is 0.338 e. The number of ether oxygens (including phenoxy) is 4. The van der Waals surface area contributed by atoms with Crippen molar-refractivity contribution in [3.05, 3.63) is 71.8 Å². The summed E-state index contributed by atoms with van der Waals surface area (Å²) in [6.45, 7) is 0.472. The predicted molar refractivity (Wildman–Crippen MR) is 144 cm³/mol. The predicted octanol–water partition coefficient (Wildman–Crippen LogP) is 4.41. The van der Waals surface area contributed by atoms with Crippen molar-refractivity contribution in [2.75, 3.05) is 52.2 Å². The van der Waals surface area contributed by atoms with Gasteiger partial charge in [-0.3, -0.25) is 4.79 Å². The lowest BCUT2D eigenvalue weighted by Crippen LogP contribution is -2.13. The van der Waals surface area contributed by atoms with Gasteiger partial charge in [-0.15, -0.1) is 0 Å². The summed E-state index contributed by atoms with van der Waals surface area (Å²) >= 11 is 0. The van der Waals surface area contributed by atoms with Crippen LogP contribution in [0.3, 0.4) is 0 Å². The van der Waals surface area contributed by atoms with E-state index in [0.717, 1.165) is 10.9 Å². The first-order chi connectivity index (χ1) is 18.5. The molecule has 0 aliphatic rings. The maximum absolute atomic E-state index is 12.9. The molecule has 0 atom stereocenters. The van der Waals surface area contributed by atoms with E-state index in [0.29, 0.717) is 52.1 Å². The molecule has 4 rings (SSSR count). The number of rotatable bonds is 10. The van der Waals surface area contributed by atoms with Crippen LogP contribution in [-0.2, 0) is 9.47 Å². The number of benzene rings is 3. The molecule has 2 N–H and O–H groups in total. The number of hydrogen-bond donors (Lipinski definition) is 2. The third-order valence-electron chi connectivity index (χ3n) is 5.72. The summed E-state index contributed by atoms with van der Waals surface area (Å²) in [5, 5.41) is 6.65. The van der Waals surface area contributed by atoms with E-state index >= 15 is 0 Å². The van der Waals surface area contributed by atoms with E-state index in [1.807, 2.05) is 24.3 Å². The molecule has 1 amide bonds. The zero-order chi connectivity index (χ0) is 27.1. The Morgan fingerprint density at radius 3 is 2.24 bits per heavy atom. The Bertz CT molecular complexity index is 1460. The van der Waals surface area contributed by atoms with E-state index in [4.69, 9.17) is 18.9 Å². The van der Waals surface area contributed by atoms with Gasteiger partial charge in [0.1, 0.15) is 6.61 Å². The number of aromatic nitrogens is 2. The van der Waals surface area contributed by atoms with Gasteiger partial charge >= 0.3 is 5.97 Å². The fourth-order valence-corrected chi connectivity index (χ4v) is 3.79. The average Bonchev–Trinajstić information content (AvgIpc) is 2.96. The second kappa shape index (κ2) is 12.0. The number of esters is 1. The van der Waals surface area contributed by atoms with Crippen LogP contribution >= 0.6 is 0 Å². The third-order valence-corrected chi connectivity index (χ3v) is 5.72. The highest BCUT2D eigenvalue weighted by Crippen LogP contribution is 2.36. The maximum Gasteiger partial charge on any atom is 0.338 e. The number of carbonyl (C=O) groups excluding carboxylic acids is 2. The van der Waals surface area contributed by atoms with Gasteiger partial charge in [0.2, 0.25) is 5.95 Å². The van der Waals surface area contributed by atoms with Crippen molar-refractivity contribution in [3.63, 3.8) is 0 Å². The van der Waals surface area contributed by atoms with Crippen LogP contribution < -0.4 is 20.1 Å². The van der Waals surface area contributed by atoms with Gasteiger partial charge in [0.25, 0.3) is 5.91 Å². The SMILES string of the molecule is CNc1nc(-c2cccc(NC(=O)c3ccc(C(=O)OCCOC)cc3)c2)c2cc(OC)c(OC)cc2n1. The summed E-state index contributed by atoms with van der Waals surface area (Å²) in [6.07, 6.45) is 0. The second-order valence-electron chi connectivity index (χ2n) is 8.11. The molecule has 0 fully saturated rings. The minimum absolute atomic E-state index is 0.158. The van der Waals surface area contributed by atoms with Crippen LogP contribution in [0.4, 0.5) is 11.6 Å². The van der Waals surface area contributed by atoms with Gasteiger partial charge in [0.15, 0.2) is 11.5 Å². The molecule has 38 heavy (non-hydrogen) atoms. The Kier molecular flexibility index (Phi) is 8.34. The van der Waals surface area contributed by atoms with E-state index in [2.05, 4.69) is 20.6 Å². The summed E-state index contributed by atoms with van der Waals surface area (Å²) in [4.78, 5) is 34.2. The Morgan fingerprint density at radius 2 is 1.55 bits per heavy atom. The average molecular weight is 517 g/mol. The zero-order valence-electron chi connectivity index (χ0n) is 21.5. The number of fused-ring (bicyclic) bond motifs is 1. The molecule has 1 heterocycles. The van der Waals surface area contributed by atoms with Crippen molar-refractivity contribution in [3.8, 4) is 22.8 Å². The van der Waals surface area contributed by atoms with Crippen molar-refractivity contribution in [2.45, 2.75) is 0 Å². The number of amides is 1. The van der Waals surface area contributed by atoms with E-state index in [1.165, 1.54) is 7.11 Å². The summed E-state index contributed by atoms with van der Waals surface area (Å²) in [7, 11) is 6.41. The number of carbonyl (C=O) groups is 2. The molecule has 0 unspecified atom stereocenters. The molecule has 10 nitrogen and oxygen atoms in total. The van der Waals surface area contributed by atoms with Gasteiger partial charge in [0, 0.05) is 42.4 Å². The Balaban J connectivity index is 1.60. The highest BCUT2D eigenvalue weighted by molar-refractivity contribution is 6.05. The highest BCUT2D eigenvalue weighted by atomic mass is 16.6. The topological polar surface area (TPSA) is 121 Å². The fraction of sp³-hybridized carbons (Fsp3) is 0.214. The Labute approximate surface area is 219 Å². The molecule has 0 aliphatic heterocycles. The Morgan fingerprint density at radius 1 is 0.842 bits per heavy atom. The highest BCUT2D eigenvalue weighted by Gasteiger charge is 2.16. The molecule has 1 aromatic heterocycles. The van der Waals surface area contributed by atoms with Crippen LogP contribution in [0.25, 0.3) is 22.2 Å². The number of methoxy groups -OCH3 is 3. The van der Waals surface area contributed by atoms with E-state index in [1.54, 1.807) is 57.7 Å². The fourth-order valence-electron chi connectivity index (χ4n) is 3.79. The summed E-state index contributed by atoms with van der Waals surface area (Å²) in [6, 6.07) is 17.2. The second-order valence-corrected chi connectivity index (χ2v) is 8.11. The molecule has 0 radical (unpaired) electrons. The largest absolute Gasteiger partial charge is 0.493 e. The van der Waals surface area contributed by atoms with E-state index in [-0.39, 0.29) is 12.5 Å².